The van der Waals surface area contributed by atoms with Crippen molar-refractivity contribution in [2.24, 2.45) is 0 Å². The lowest BCUT2D eigenvalue weighted by atomic mass is 10.1. The molecule has 0 fully saturated rings. The maximum atomic E-state index is 12.3. The summed E-state index contributed by atoms with van der Waals surface area (Å²) in [6.07, 6.45) is 0. The summed E-state index contributed by atoms with van der Waals surface area (Å²) in [6, 6.07) is 0. The molecule has 0 atom stereocenters. The Kier molecular flexibility index (Phi) is 3.91. The number of nitrogens with one attached hydrogen (secondary N) is 1. The minimum atomic E-state index is -0.493. The Balaban J connectivity index is 2.58. The zero-order valence-corrected chi connectivity index (χ0v) is 12.4. The van der Waals surface area contributed by atoms with Gasteiger partial charge in [-0.3, -0.25) is 14.3 Å². The molecule has 5 nitrogen and oxygen atoms in total. The highest BCUT2D eigenvalue weighted by Gasteiger charge is 2.16. The Bertz CT molecular complexity index is 714. The molecule has 1 N–H and O–H groups in total. The molecule has 0 aliphatic rings. The fourth-order valence-electron chi connectivity index (χ4n) is 1.83. The van der Waals surface area contributed by atoms with Crippen molar-refractivity contribution >= 4 is 22.9 Å². The first-order valence-electron chi connectivity index (χ1n) is 5.83. The van der Waals surface area contributed by atoms with Gasteiger partial charge in [0.1, 0.15) is 5.15 Å². The van der Waals surface area contributed by atoms with Crippen LogP contribution in [-0.2, 0) is 6.54 Å². The van der Waals surface area contributed by atoms with Crippen molar-refractivity contribution in [1.29, 1.82) is 0 Å². The second-order valence-electron chi connectivity index (χ2n) is 4.56. The Labute approximate surface area is 118 Å². The van der Waals surface area contributed by atoms with Gasteiger partial charge in [0.05, 0.1) is 23.3 Å². The molecule has 0 unspecified atom stereocenters. The molecule has 2 heterocycles. The number of rotatable bonds is 3. The summed E-state index contributed by atoms with van der Waals surface area (Å²) in [7, 11) is 0. The molecule has 0 spiro atoms. The first-order chi connectivity index (χ1) is 8.91. The van der Waals surface area contributed by atoms with E-state index in [1.165, 1.54) is 15.9 Å². The minimum Gasteiger partial charge on any atom is -0.297 e. The summed E-state index contributed by atoms with van der Waals surface area (Å²) in [6.45, 7) is 5.80. The van der Waals surface area contributed by atoms with E-state index in [0.29, 0.717) is 5.56 Å². The van der Waals surface area contributed by atoms with Crippen LogP contribution < -0.4 is 11.2 Å². The van der Waals surface area contributed by atoms with E-state index < -0.39 is 5.69 Å². The molecule has 2 rings (SSSR count). The van der Waals surface area contributed by atoms with Crippen molar-refractivity contribution in [3.8, 4) is 0 Å². The van der Waals surface area contributed by atoms with Crippen molar-refractivity contribution in [1.82, 2.24) is 14.5 Å². The molecule has 0 radical (unpaired) electrons. The van der Waals surface area contributed by atoms with Crippen LogP contribution in [0.3, 0.4) is 0 Å². The fraction of sp³-hybridized carbons (Fsp3) is 0.417. The van der Waals surface area contributed by atoms with E-state index in [0.717, 1.165) is 10.6 Å². The highest BCUT2D eigenvalue weighted by Crippen LogP contribution is 2.17. The number of halogens is 1. The Morgan fingerprint density at radius 1 is 1.47 bits per heavy atom. The molecule has 0 aliphatic heterocycles. The third-order valence-electron chi connectivity index (χ3n) is 2.90. The van der Waals surface area contributed by atoms with E-state index in [4.69, 9.17) is 11.6 Å². The average Bonchev–Trinajstić information content (AvgIpc) is 2.69. The van der Waals surface area contributed by atoms with Crippen LogP contribution in [0.4, 0.5) is 0 Å². The molecular formula is C12H14ClN3O2S. The molecule has 2 aromatic rings. The summed E-state index contributed by atoms with van der Waals surface area (Å²) in [5.41, 5.74) is 2.13. The van der Waals surface area contributed by atoms with Crippen LogP contribution in [0.5, 0.6) is 0 Å². The topological polar surface area (TPSA) is 67.8 Å². The van der Waals surface area contributed by atoms with Gasteiger partial charge in [0, 0.05) is 4.88 Å². The van der Waals surface area contributed by atoms with E-state index >= 15 is 0 Å². The number of hydrogen-bond acceptors (Lipinski definition) is 4. The van der Waals surface area contributed by atoms with E-state index in [2.05, 4.69) is 9.97 Å². The summed E-state index contributed by atoms with van der Waals surface area (Å²) in [4.78, 5) is 31.7. The molecule has 0 bridgehead atoms. The van der Waals surface area contributed by atoms with E-state index in [1.807, 2.05) is 20.8 Å². The van der Waals surface area contributed by atoms with Crippen LogP contribution in [0.1, 0.15) is 35.9 Å². The van der Waals surface area contributed by atoms with Gasteiger partial charge in [-0.15, -0.1) is 11.3 Å². The van der Waals surface area contributed by atoms with Gasteiger partial charge in [-0.2, -0.15) is 0 Å². The van der Waals surface area contributed by atoms with Crippen LogP contribution in [0.15, 0.2) is 15.1 Å². The van der Waals surface area contributed by atoms with Crippen molar-refractivity contribution in [2.75, 3.05) is 0 Å². The molecule has 0 saturated heterocycles. The second kappa shape index (κ2) is 5.30. The van der Waals surface area contributed by atoms with Gasteiger partial charge >= 0.3 is 5.69 Å². The second-order valence-corrected chi connectivity index (χ2v) is 5.88. The number of hydrogen-bond donors (Lipinski definition) is 1. The summed E-state index contributed by atoms with van der Waals surface area (Å²) < 4.78 is 1.17. The number of nitrogens with zero attached hydrogens (tertiary/aromatic N) is 2. The molecule has 0 aromatic carbocycles. The maximum Gasteiger partial charge on any atom is 0.329 e. The van der Waals surface area contributed by atoms with Crippen LogP contribution in [0.2, 0.25) is 5.15 Å². The molecule has 7 heteroatoms. The van der Waals surface area contributed by atoms with Crippen molar-refractivity contribution in [2.45, 2.75) is 33.2 Å². The molecule has 2 aromatic heterocycles. The monoisotopic (exact) mass is 299 g/mol. The normalized spacial score (nSPS) is 11.2. The largest absolute Gasteiger partial charge is 0.329 e. The third-order valence-corrected chi connectivity index (χ3v) is 4.12. The summed E-state index contributed by atoms with van der Waals surface area (Å²) in [5.74, 6) is -0.0503. The SMILES string of the molecule is Cc1ncsc1Cn1c(=O)[nH]c(Cl)c(C(C)C)c1=O. The van der Waals surface area contributed by atoms with Crippen molar-refractivity contribution < 1.29 is 0 Å². The average molecular weight is 300 g/mol. The number of aromatic amines is 1. The maximum absolute atomic E-state index is 12.3. The lowest BCUT2D eigenvalue weighted by molar-refractivity contribution is 0.673. The molecule has 0 aliphatic carbocycles. The quantitative estimate of drug-likeness (QED) is 0.883. The van der Waals surface area contributed by atoms with Gasteiger partial charge in [-0.25, -0.2) is 9.78 Å². The Morgan fingerprint density at radius 3 is 2.68 bits per heavy atom. The molecule has 0 saturated carbocycles. The van der Waals surface area contributed by atoms with Gasteiger partial charge < -0.3 is 0 Å². The molecule has 0 amide bonds. The van der Waals surface area contributed by atoms with Gasteiger partial charge in [-0.05, 0) is 12.8 Å². The third kappa shape index (κ3) is 2.64. The standard InChI is InChI=1S/C12H14ClN3O2S/c1-6(2)9-10(13)15-12(18)16(11(9)17)4-8-7(3)14-5-19-8/h5-6H,4H2,1-3H3,(H,15,18). The van der Waals surface area contributed by atoms with Crippen LogP contribution in [0, 0.1) is 6.92 Å². The van der Waals surface area contributed by atoms with E-state index in [9.17, 15) is 9.59 Å². The van der Waals surface area contributed by atoms with Crippen LogP contribution >= 0.6 is 22.9 Å². The zero-order chi connectivity index (χ0) is 14.2. The summed E-state index contributed by atoms with van der Waals surface area (Å²) >= 11 is 7.36. The van der Waals surface area contributed by atoms with Gasteiger partial charge in [0.25, 0.3) is 5.56 Å². The van der Waals surface area contributed by atoms with E-state index in [1.54, 1.807) is 5.51 Å². The highest BCUT2D eigenvalue weighted by atomic mass is 35.5. The predicted octanol–water partition coefficient (Wildman–Crippen LogP) is 2.13. The van der Waals surface area contributed by atoms with Crippen molar-refractivity contribution in [3.63, 3.8) is 0 Å². The van der Waals surface area contributed by atoms with E-state index in [-0.39, 0.29) is 23.2 Å². The number of H-pyrrole nitrogens is 1. The smallest absolute Gasteiger partial charge is 0.297 e. The Morgan fingerprint density at radius 2 is 2.16 bits per heavy atom. The molecule has 102 valence electrons. The Hall–Kier alpha value is -1.40. The first kappa shape index (κ1) is 14.0. The van der Waals surface area contributed by atoms with Gasteiger partial charge in [-0.1, -0.05) is 25.4 Å². The summed E-state index contributed by atoms with van der Waals surface area (Å²) in [5, 5.41) is 0.127. The molecule has 19 heavy (non-hydrogen) atoms. The predicted molar refractivity (Wildman–Crippen MR) is 76.4 cm³/mol. The van der Waals surface area contributed by atoms with Gasteiger partial charge in [0.2, 0.25) is 0 Å². The van der Waals surface area contributed by atoms with Gasteiger partial charge in [0.15, 0.2) is 0 Å². The minimum absolute atomic E-state index is 0.0503. The fourth-order valence-corrected chi connectivity index (χ4v) is 2.97. The zero-order valence-electron chi connectivity index (χ0n) is 10.9. The highest BCUT2D eigenvalue weighted by molar-refractivity contribution is 7.09. The van der Waals surface area contributed by atoms with Crippen molar-refractivity contribution in [3.05, 3.63) is 47.6 Å². The lowest BCUT2D eigenvalue weighted by Gasteiger charge is -2.10. The number of aryl methyl sites for hydroxylation is 1. The van der Waals surface area contributed by atoms with Crippen LogP contribution in [0.25, 0.3) is 0 Å². The molecular weight excluding hydrogens is 286 g/mol. The first-order valence-corrected chi connectivity index (χ1v) is 7.09. The van der Waals surface area contributed by atoms with Crippen LogP contribution in [-0.4, -0.2) is 14.5 Å². The number of thiazole rings is 1. The number of aromatic nitrogens is 3. The lowest BCUT2D eigenvalue weighted by Crippen LogP contribution is -2.38.